The lowest BCUT2D eigenvalue weighted by atomic mass is 9.96. The van der Waals surface area contributed by atoms with E-state index in [0.29, 0.717) is 0 Å². The molecule has 0 spiro atoms. The minimum Gasteiger partial charge on any atom is -0.0693 e. The van der Waals surface area contributed by atoms with Gasteiger partial charge in [0.05, 0.1) is 0 Å². The Hall–Kier alpha value is -0.560. The molecular formula is C11H11Br. The standard InChI is InChI=1S/C11H11Br/c1-8-5-6-10-9(7-8)3-2-4-11(10)12/h4-7H,2-3H2,1H3. The summed E-state index contributed by atoms with van der Waals surface area (Å²) < 4.78 is 1.25. The number of halogens is 1. The molecule has 0 aliphatic heterocycles. The van der Waals surface area contributed by atoms with Gasteiger partial charge < -0.3 is 0 Å². The van der Waals surface area contributed by atoms with E-state index in [4.69, 9.17) is 0 Å². The predicted octanol–water partition coefficient (Wildman–Crippen LogP) is 3.68. The average molecular weight is 223 g/mol. The van der Waals surface area contributed by atoms with Crippen molar-refractivity contribution in [2.75, 3.05) is 0 Å². The SMILES string of the molecule is Cc1ccc2c(c1)CCC=C2Br. The van der Waals surface area contributed by atoms with Crippen LogP contribution in [0.3, 0.4) is 0 Å². The number of rotatable bonds is 0. The third kappa shape index (κ3) is 1.34. The van der Waals surface area contributed by atoms with E-state index in [2.05, 4.69) is 47.1 Å². The van der Waals surface area contributed by atoms with Crippen LogP contribution < -0.4 is 0 Å². The second kappa shape index (κ2) is 3.06. The molecule has 62 valence electrons. The van der Waals surface area contributed by atoms with Crippen LogP contribution in [-0.4, -0.2) is 0 Å². The van der Waals surface area contributed by atoms with Crippen LogP contribution >= 0.6 is 15.9 Å². The fourth-order valence-corrected chi connectivity index (χ4v) is 2.24. The summed E-state index contributed by atoms with van der Waals surface area (Å²) in [6.45, 7) is 2.15. The highest BCUT2D eigenvalue weighted by Crippen LogP contribution is 2.30. The van der Waals surface area contributed by atoms with E-state index >= 15 is 0 Å². The zero-order valence-corrected chi connectivity index (χ0v) is 8.69. The first-order chi connectivity index (χ1) is 5.77. The summed E-state index contributed by atoms with van der Waals surface area (Å²) in [6.07, 6.45) is 4.60. The van der Waals surface area contributed by atoms with E-state index in [0.717, 1.165) is 6.42 Å². The lowest BCUT2D eigenvalue weighted by Gasteiger charge is -2.13. The summed E-state index contributed by atoms with van der Waals surface area (Å²) in [4.78, 5) is 0. The molecule has 0 amide bonds. The molecule has 0 bridgehead atoms. The van der Waals surface area contributed by atoms with Crippen LogP contribution in [0.4, 0.5) is 0 Å². The van der Waals surface area contributed by atoms with Gasteiger partial charge in [0, 0.05) is 4.48 Å². The zero-order valence-electron chi connectivity index (χ0n) is 7.10. The van der Waals surface area contributed by atoms with Gasteiger partial charge in [-0.3, -0.25) is 0 Å². The number of aryl methyl sites for hydroxylation is 2. The minimum absolute atomic E-state index is 1.16. The Morgan fingerprint density at radius 2 is 2.17 bits per heavy atom. The van der Waals surface area contributed by atoms with Gasteiger partial charge in [0.15, 0.2) is 0 Å². The number of hydrogen-bond donors (Lipinski definition) is 0. The fraction of sp³-hybridized carbons (Fsp3) is 0.273. The molecule has 1 aliphatic carbocycles. The Kier molecular flexibility index (Phi) is 2.05. The summed E-state index contributed by atoms with van der Waals surface area (Å²) >= 11 is 3.57. The van der Waals surface area contributed by atoms with Crippen molar-refractivity contribution in [2.24, 2.45) is 0 Å². The molecule has 0 N–H and O–H groups in total. The van der Waals surface area contributed by atoms with E-state index in [1.165, 1.54) is 27.6 Å². The third-order valence-corrected chi connectivity index (χ3v) is 3.01. The van der Waals surface area contributed by atoms with Gasteiger partial charge in [-0.1, -0.05) is 45.8 Å². The Balaban J connectivity index is 2.56. The molecule has 0 aromatic heterocycles. The van der Waals surface area contributed by atoms with E-state index in [-0.39, 0.29) is 0 Å². The molecule has 0 radical (unpaired) electrons. The highest BCUT2D eigenvalue weighted by atomic mass is 79.9. The van der Waals surface area contributed by atoms with Crippen molar-refractivity contribution in [3.05, 3.63) is 41.0 Å². The Labute approximate surface area is 81.4 Å². The lowest BCUT2D eigenvalue weighted by Crippen LogP contribution is -1.96. The van der Waals surface area contributed by atoms with Gasteiger partial charge in [-0.05, 0) is 30.9 Å². The molecule has 0 atom stereocenters. The van der Waals surface area contributed by atoms with Crippen molar-refractivity contribution >= 4 is 20.4 Å². The molecule has 0 heterocycles. The number of hydrogen-bond acceptors (Lipinski definition) is 0. The number of benzene rings is 1. The average Bonchev–Trinajstić information content (AvgIpc) is 2.04. The van der Waals surface area contributed by atoms with Crippen molar-refractivity contribution in [3.63, 3.8) is 0 Å². The van der Waals surface area contributed by atoms with Gasteiger partial charge in [0.1, 0.15) is 0 Å². The van der Waals surface area contributed by atoms with Crippen LogP contribution in [0.1, 0.15) is 23.1 Å². The molecule has 1 aromatic rings. The van der Waals surface area contributed by atoms with E-state index in [1.807, 2.05) is 0 Å². The quantitative estimate of drug-likeness (QED) is 0.629. The lowest BCUT2D eigenvalue weighted by molar-refractivity contribution is 0.981. The monoisotopic (exact) mass is 222 g/mol. The molecule has 1 aromatic carbocycles. The molecule has 0 saturated heterocycles. The smallest absolute Gasteiger partial charge is 0.0210 e. The highest BCUT2D eigenvalue weighted by Gasteiger charge is 2.09. The van der Waals surface area contributed by atoms with Crippen molar-refractivity contribution in [3.8, 4) is 0 Å². The second-order valence-corrected chi connectivity index (χ2v) is 4.11. The van der Waals surface area contributed by atoms with Gasteiger partial charge in [-0.15, -0.1) is 0 Å². The zero-order chi connectivity index (χ0) is 8.55. The van der Waals surface area contributed by atoms with Gasteiger partial charge in [-0.25, -0.2) is 0 Å². The van der Waals surface area contributed by atoms with Crippen molar-refractivity contribution < 1.29 is 0 Å². The van der Waals surface area contributed by atoms with E-state index < -0.39 is 0 Å². The van der Waals surface area contributed by atoms with Crippen LogP contribution in [0.2, 0.25) is 0 Å². The fourth-order valence-electron chi connectivity index (χ4n) is 1.63. The summed E-state index contributed by atoms with van der Waals surface area (Å²) in [7, 11) is 0. The molecule has 0 unspecified atom stereocenters. The number of allylic oxidation sites excluding steroid dienone is 1. The Morgan fingerprint density at radius 1 is 1.33 bits per heavy atom. The van der Waals surface area contributed by atoms with Crippen molar-refractivity contribution in [1.29, 1.82) is 0 Å². The minimum atomic E-state index is 1.16. The molecule has 0 fully saturated rings. The first-order valence-corrected chi connectivity index (χ1v) is 5.02. The normalized spacial score (nSPS) is 15.3. The predicted molar refractivity (Wildman–Crippen MR) is 56.4 cm³/mol. The third-order valence-electron chi connectivity index (χ3n) is 2.26. The molecule has 1 heteroatoms. The second-order valence-electron chi connectivity index (χ2n) is 3.25. The van der Waals surface area contributed by atoms with Gasteiger partial charge >= 0.3 is 0 Å². The summed E-state index contributed by atoms with van der Waals surface area (Å²) in [5.74, 6) is 0. The first kappa shape index (κ1) is 8.06. The van der Waals surface area contributed by atoms with Gasteiger partial charge in [0.25, 0.3) is 0 Å². The Bertz CT molecular complexity index is 337. The summed E-state index contributed by atoms with van der Waals surface area (Å²) in [6, 6.07) is 6.65. The Morgan fingerprint density at radius 3 is 3.00 bits per heavy atom. The molecule has 0 saturated carbocycles. The first-order valence-electron chi connectivity index (χ1n) is 4.23. The van der Waals surface area contributed by atoms with Gasteiger partial charge in [0.2, 0.25) is 0 Å². The van der Waals surface area contributed by atoms with E-state index in [1.54, 1.807) is 0 Å². The van der Waals surface area contributed by atoms with Crippen LogP contribution in [0.15, 0.2) is 24.3 Å². The van der Waals surface area contributed by atoms with Crippen LogP contribution in [0, 0.1) is 6.92 Å². The van der Waals surface area contributed by atoms with Gasteiger partial charge in [-0.2, -0.15) is 0 Å². The number of fused-ring (bicyclic) bond motifs is 1. The van der Waals surface area contributed by atoms with E-state index in [9.17, 15) is 0 Å². The molecule has 1 aliphatic rings. The summed E-state index contributed by atoms with van der Waals surface area (Å²) in [5.41, 5.74) is 4.20. The molecule has 12 heavy (non-hydrogen) atoms. The summed E-state index contributed by atoms with van der Waals surface area (Å²) in [5, 5.41) is 0. The molecular weight excluding hydrogens is 212 g/mol. The largest absolute Gasteiger partial charge is 0.0693 e. The van der Waals surface area contributed by atoms with Crippen LogP contribution in [0.25, 0.3) is 4.48 Å². The van der Waals surface area contributed by atoms with Crippen molar-refractivity contribution in [2.45, 2.75) is 19.8 Å². The maximum absolute atomic E-state index is 3.57. The maximum atomic E-state index is 3.57. The maximum Gasteiger partial charge on any atom is 0.0210 e. The van der Waals surface area contributed by atoms with Crippen LogP contribution in [0.5, 0.6) is 0 Å². The highest BCUT2D eigenvalue weighted by molar-refractivity contribution is 9.15. The molecule has 2 rings (SSSR count). The van der Waals surface area contributed by atoms with Crippen molar-refractivity contribution in [1.82, 2.24) is 0 Å². The van der Waals surface area contributed by atoms with Crippen LogP contribution in [-0.2, 0) is 6.42 Å². The molecule has 0 nitrogen and oxygen atoms in total. The topological polar surface area (TPSA) is 0 Å².